The molecule has 1 N–H and O–H groups in total. The maximum absolute atomic E-state index is 12.2. The number of hydrogen-bond donors (Lipinski definition) is 1. The first-order valence-corrected chi connectivity index (χ1v) is 8.49. The van der Waals surface area contributed by atoms with Gasteiger partial charge in [0.05, 0.1) is 11.9 Å². The molecule has 2 rings (SSSR count). The van der Waals surface area contributed by atoms with E-state index in [2.05, 4.69) is 5.32 Å². The van der Waals surface area contributed by atoms with E-state index in [1.807, 2.05) is 0 Å². The van der Waals surface area contributed by atoms with E-state index in [0.29, 0.717) is 12.8 Å². The minimum Gasteiger partial charge on any atom is -0.465 e. The van der Waals surface area contributed by atoms with Gasteiger partial charge in [0.1, 0.15) is 5.54 Å². The number of ether oxygens (including phenoxy) is 1. The van der Waals surface area contributed by atoms with Crippen molar-refractivity contribution in [3.63, 3.8) is 0 Å². The summed E-state index contributed by atoms with van der Waals surface area (Å²) in [6.45, 7) is 2.02. The molecular weight excluding hydrogens is 254 g/mol. The van der Waals surface area contributed by atoms with Gasteiger partial charge in [-0.3, -0.25) is 10.1 Å². The summed E-state index contributed by atoms with van der Waals surface area (Å²) in [4.78, 5) is 12.2. The normalized spacial score (nSPS) is 32.4. The van der Waals surface area contributed by atoms with Crippen molar-refractivity contribution in [2.24, 2.45) is 0 Å². The fourth-order valence-electron chi connectivity index (χ4n) is 2.86. The SMILES string of the molecule is CCOC(=O)C1(NC2CC2)CCCC1S(C)(=O)=O. The maximum atomic E-state index is 12.2. The van der Waals surface area contributed by atoms with Crippen LogP contribution in [0.1, 0.15) is 39.0 Å². The van der Waals surface area contributed by atoms with E-state index in [1.165, 1.54) is 6.26 Å². The molecule has 0 amide bonds. The Bertz CT molecular complexity index is 429. The van der Waals surface area contributed by atoms with Gasteiger partial charge in [-0.25, -0.2) is 8.42 Å². The number of carbonyl (C=O) groups excluding carboxylic acids is 1. The average Bonchev–Trinajstić information content (AvgIpc) is 2.93. The third-order valence-electron chi connectivity index (χ3n) is 3.78. The minimum atomic E-state index is -3.25. The van der Waals surface area contributed by atoms with E-state index in [-0.39, 0.29) is 12.6 Å². The van der Waals surface area contributed by atoms with Crippen LogP contribution < -0.4 is 5.32 Å². The van der Waals surface area contributed by atoms with Gasteiger partial charge in [0.25, 0.3) is 0 Å². The summed E-state index contributed by atoms with van der Waals surface area (Å²) in [6, 6.07) is 0.275. The van der Waals surface area contributed by atoms with Gasteiger partial charge in [-0.2, -0.15) is 0 Å². The van der Waals surface area contributed by atoms with E-state index in [4.69, 9.17) is 4.74 Å². The van der Waals surface area contributed by atoms with Gasteiger partial charge < -0.3 is 4.74 Å². The lowest BCUT2D eigenvalue weighted by Crippen LogP contribution is -2.60. The minimum absolute atomic E-state index is 0.275. The first-order chi connectivity index (χ1) is 8.40. The predicted molar refractivity (Wildman–Crippen MR) is 68.0 cm³/mol. The Morgan fingerprint density at radius 3 is 2.56 bits per heavy atom. The van der Waals surface area contributed by atoms with Crippen LogP contribution >= 0.6 is 0 Å². The Morgan fingerprint density at radius 2 is 2.06 bits per heavy atom. The van der Waals surface area contributed by atoms with E-state index in [1.54, 1.807) is 6.92 Å². The third kappa shape index (κ3) is 2.54. The van der Waals surface area contributed by atoms with Crippen molar-refractivity contribution in [1.29, 1.82) is 0 Å². The predicted octanol–water partition coefficient (Wildman–Crippen LogP) is 0.637. The van der Waals surface area contributed by atoms with Crippen molar-refractivity contribution in [1.82, 2.24) is 5.32 Å². The molecule has 2 unspecified atom stereocenters. The van der Waals surface area contributed by atoms with Gasteiger partial charge in [-0.05, 0) is 39.0 Å². The molecule has 104 valence electrons. The molecule has 0 radical (unpaired) electrons. The molecule has 5 nitrogen and oxygen atoms in total. The summed E-state index contributed by atoms with van der Waals surface area (Å²) >= 11 is 0. The molecule has 2 saturated carbocycles. The zero-order valence-electron chi connectivity index (χ0n) is 10.9. The largest absolute Gasteiger partial charge is 0.465 e. The quantitative estimate of drug-likeness (QED) is 0.745. The topological polar surface area (TPSA) is 72.5 Å². The van der Waals surface area contributed by atoms with Crippen molar-refractivity contribution >= 4 is 15.8 Å². The third-order valence-corrected chi connectivity index (χ3v) is 5.45. The molecule has 6 heteroatoms. The van der Waals surface area contributed by atoms with Crippen molar-refractivity contribution in [3.8, 4) is 0 Å². The first kappa shape index (κ1) is 13.8. The lowest BCUT2D eigenvalue weighted by molar-refractivity contribution is -0.151. The van der Waals surface area contributed by atoms with Crippen LogP contribution in [0.2, 0.25) is 0 Å². The summed E-state index contributed by atoms with van der Waals surface area (Å²) in [7, 11) is -3.25. The molecule has 0 aromatic carbocycles. The zero-order valence-corrected chi connectivity index (χ0v) is 11.8. The number of rotatable bonds is 5. The lowest BCUT2D eigenvalue weighted by Gasteiger charge is -2.33. The van der Waals surface area contributed by atoms with Crippen molar-refractivity contribution in [2.75, 3.05) is 12.9 Å². The Kier molecular flexibility index (Phi) is 3.69. The van der Waals surface area contributed by atoms with Crippen LogP contribution in [-0.2, 0) is 19.4 Å². The highest BCUT2D eigenvalue weighted by atomic mass is 32.2. The van der Waals surface area contributed by atoms with Crippen LogP contribution in [0, 0.1) is 0 Å². The average molecular weight is 275 g/mol. The highest BCUT2D eigenvalue weighted by Crippen LogP contribution is 2.38. The summed E-state index contributed by atoms with van der Waals surface area (Å²) in [6.07, 6.45) is 5.08. The van der Waals surface area contributed by atoms with Crippen LogP contribution in [0.15, 0.2) is 0 Å². The van der Waals surface area contributed by atoms with Gasteiger partial charge in [0.2, 0.25) is 0 Å². The smallest absolute Gasteiger partial charge is 0.327 e. The van der Waals surface area contributed by atoms with Crippen LogP contribution in [0.25, 0.3) is 0 Å². The molecule has 2 aliphatic rings. The number of sulfone groups is 1. The van der Waals surface area contributed by atoms with E-state index >= 15 is 0 Å². The second-order valence-corrected chi connectivity index (χ2v) is 7.55. The fraction of sp³-hybridized carbons (Fsp3) is 0.917. The summed E-state index contributed by atoms with van der Waals surface area (Å²) in [5.74, 6) is -0.398. The van der Waals surface area contributed by atoms with Gasteiger partial charge in [0, 0.05) is 12.3 Å². The molecule has 2 atom stereocenters. The van der Waals surface area contributed by atoms with Gasteiger partial charge in [0.15, 0.2) is 9.84 Å². The molecule has 2 fully saturated rings. The monoisotopic (exact) mass is 275 g/mol. The first-order valence-electron chi connectivity index (χ1n) is 6.54. The number of hydrogen-bond acceptors (Lipinski definition) is 5. The van der Waals surface area contributed by atoms with Crippen LogP contribution in [-0.4, -0.2) is 44.1 Å². The molecule has 0 bridgehead atoms. The number of carbonyl (C=O) groups is 1. The zero-order chi connectivity index (χ0) is 13.4. The van der Waals surface area contributed by atoms with E-state index in [9.17, 15) is 13.2 Å². The van der Waals surface area contributed by atoms with Crippen molar-refractivity contribution < 1.29 is 17.9 Å². The summed E-state index contributed by atoms with van der Waals surface area (Å²) in [5, 5.41) is 2.61. The molecule has 0 aliphatic heterocycles. The summed E-state index contributed by atoms with van der Waals surface area (Å²) in [5.41, 5.74) is -1.01. The fourth-order valence-corrected chi connectivity index (χ4v) is 4.47. The van der Waals surface area contributed by atoms with Crippen LogP contribution in [0.4, 0.5) is 0 Å². The maximum Gasteiger partial charge on any atom is 0.327 e. The Morgan fingerprint density at radius 1 is 1.39 bits per heavy atom. The molecule has 2 aliphatic carbocycles. The Hall–Kier alpha value is -0.620. The highest BCUT2D eigenvalue weighted by Gasteiger charge is 2.56. The van der Waals surface area contributed by atoms with E-state index < -0.39 is 26.6 Å². The lowest BCUT2D eigenvalue weighted by atomic mass is 9.97. The molecule has 0 heterocycles. The number of nitrogens with one attached hydrogen (secondary N) is 1. The van der Waals surface area contributed by atoms with Gasteiger partial charge >= 0.3 is 5.97 Å². The summed E-state index contributed by atoms with van der Waals surface area (Å²) < 4.78 is 28.9. The Labute approximate surface area is 108 Å². The van der Waals surface area contributed by atoms with E-state index in [0.717, 1.165) is 19.3 Å². The molecule has 0 saturated heterocycles. The molecular formula is C12H21NO4S. The molecule has 0 aromatic heterocycles. The highest BCUT2D eigenvalue weighted by molar-refractivity contribution is 7.91. The standard InChI is InChI=1S/C12H21NO4S/c1-3-17-11(14)12(13-9-6-7-9)8-4-5-10(12)18(2,15)16/h9-10,13H,3-8H2,1-2H3. The molecule has 18 heavy (non-hydrogen) atoms. The Balaban J connectivity index is 2.30. The van der Waals surface area contributed by atoms with Crippen LogP contribution in [0.3, 0.4) is 0 Å². The second kappa shape index (κ2) is 4.81. The van der Waals surface area contributed by atoms with Gasteiger partial charge in [-0.15, -0.1) is 0 Å². The van der Waals surface area contributed by atoms with Crippen molar-refractivity contribution in [2.45, 2.75) is 55.9 Å². The number of esters is 1. The van der Waals surface area contributed by atoms with Gasteiger partial charge in [-0.1, -0.05) is 0 Å². The van der Waals surface area contributed by atoms with Crippen molar-refractivity contribution in [3.05, 3.63) is 0 Å². The molecule has 0 spiro atoms. The van der Waals surface area contributed by atoms with Crippen LogP contribution in [0.5, 0.6) is 0 Å². The molecule has 0 aromatic rings. The second-order valence-electron chi connectivity index (χ2n) is 5.32.